The number of carbonyl (C=O) groups is 1. The van der Waals surface area contributed by atoms with Crippen LogP contribution in [0.25, 0.3) is 0 Å². The molecule has 1 unspecified atom stereocenters. The van der Waals surface area contributed by atoms with Crippen LogP contribution in [0.4, 0.5) is 8.78 Å². The summed E-state index contributed by atoms with van der Waals surface area (Å²) in [6.07, 6.45) is -1.32. The first kappa shape index (κ1) is 15.7. The Labute approximate surface area is 129 Å². The maximum Gasteiger partial charge on any atom is 0.301 e. The lowest BCUT2D eigenvalue weighted by atomic mass is 10.0. The summed E-state index contributed by atoms with van der Waals surface area (Å²) in [6.45, 7) is 0.819. The molecule has 0 saturated carbocycles. The lowest BCUT2D eigenvalue weighted by Crippen LogP contribution is -2.54. The number of hydrogen-bond acceptors (Lipinski definition) is 3. The fourth-order valence-corrected chi connectivity index (χ4v) is 2.54. The third kappa shape index (κ3) is 3.50. The summed E-state index contributed by atoms with van der Waals surface area (Å²) in [7, 11) is 0. The highest BCUT2D eigenvalue weighted by Crippen LogP contribution is 2.33. The predicted molar refractivity (Wildman–Crippen MR) is 75.1 cm³/mol. The molecule has 1 atom stereocenters. The minimum atomic E-state index is -3.15. The maximum atomic E-state index is 14.1. The van der Waals surface area contributed by atoms with E-state index >= 15 is 0 Å². The summed E-state index contributed by atoms with van der Waals surface area (Å²) in [4.78, 5) is 12.3. The first-order valence-electron chi connectivity index (χ1n) is 6.33. The average molecular weight is 359 g/mol. The van der Waals surface area contributed by atoms with Crippen molar-refractivity contribution >= 4 is 21.8 Å². The van der Waals surface area contributed by atoms with E-state index in [0.717, 1.165) is 4.90 Å². The Morgan fingerprint density at radius 3 is 2.86 bits per heavy atom. The van der Waals surface area contributed by atoms with Gasteiger partial charge in [0.25, 0.3) is 0 Å². The second-order valence-electron chi connectivity index (χ2n) is 4.85. The SMILES string of the molecule is CC(=O)N1CCC(Oc2ccc(Br)cc2C#N)C(F)(F)C1. The highest BCUT2D eigenvalue weighted by molar-refractivity contribution is 9.10. The van der Waals surface area contributed by atoms with Crippen LogP contribution in [0.5, 0.6) is 5.75 Å². The van der Waals surface area contributed by atoms with Gasteiger partial charge in [-0.3, -0.25) is 4.79 Å². The van der Waals surface area contributed by atoms with Crippen LogP contribution >= 0.6 is 15.9 Å². The fourth-order valence-electron chi connectivity index (χ4n) is 2.18. The van der Waals surface area contributed by atoms with Crippen molar-refractivity contribution in [2.24, 2.45) is 0 Å². The minimum Gasteiger partial charge on any atom is -0.483 e. The molecule has 1 saturated heterocycles. The Morgan fingerprint density at radius 2 is 2.29 bits per heavy atom. The second-order valence-corrected chi connectivity index (χ2v) is 5.76. The molecule has 0 bridgehead atoms. The third-order valence-corrected chi connectivity index (χ3v) is 3.80. The van der Waals surface area contributed by atoms with Crippen LogP contribution < -0.4 is 4.74 Å². The van der Waals surface area contributed by atoms with E-state index in [2.05, 4.69) is 15.9 Å². The van der Waals surface area contributed by atoms with E-state index in [4.69, 9.17) is 10.00 Å². The van der Waals surface area contributed by atoms with Gasteiger partial charge in [0.1, 0.15) is 11.8 Å². The molecule has 4 nitrogen and oxygen atoms in total. The average Bonchev–Trinajstić information content (AvgIpc) is 2.42. The standard InChI is InChI=1S/C14H13BrF2N2O2/c1-9(20)19-5-4-13(14(16,17)8-19)21-12-3-2-11(15)6-10(12)7-18/h2-3,6,13H,4-5,8H2,1H3. The van der Waals surface area contributed by atoms with Gasteiger partial charge in [-0.2, -0.15) is 5.26 Å². The minimum absolute atomic E-state index is 0.0213. The van der Waals surface area contributed by atoms with Gasteiger partial charge in [0.05, 0.1) is 12.1 Å². The van der Waals surface area contributed by atoms with Crippen molar-refractivity contribution in [3.8, 4) is 11.8 Å². The van der Waals surface area contributed by atoms with E-state index in [1.165, 1.54) is 19.1 Å². The van der Waals surface area contributed by atoms with Gasteiger partial charge >= 0.3 is 5.92 Å². The van der Waals surface area contributed by atoms with Gasteiger partial charge in [-0.1, -0.05) is 15.9 Å². The molecule has 2 rings (SSSR count). The quantitative estimate of drug-likeness (QED) is 0.816. The smallest absolute Gasteiger partial charge is 0.301 e. The highest BCUT2D eigenvalue weighted by Gasteiger charge is 2.47. The Balaban J connectivity index is 2.17. The lowest BCUT2D eigenvalue weighted by molar-refractivity contribution is -0.158. The maximum absolute atomic E-state index is 14.1. The summed E-state index contributed by atoms with van der Waals surface area (Å²) in [5.41, 5.74) is 0.189. The number of halogens is 3. The largest absolute Gasteiger partial charge is 0.483 e. The van der Waals surface area contributed by atoms with Crippen LogP contribution in [0, 0.1) is 11.3 Å². The van der Waals surface area contributed by atoms with Crippen LogP contribution in [0.2, 0.25) is 0 Å². The van der Waals surface area contributed by atoms with Crippen molar-refractivity contribution in [1.82, 2.24) is 4.90 Å². The first-order valence-corrected chi connectivity index (χ1v) is 7.12. The van der Waals surface area contributed by atoms with E-state index in [0.29, 0.717) is 4.47 Å². The molecule has 1 amide bonds. The van der Waals surface area contributed by atoms with Gasteiger partial charge in [0, 0.05) is 24.4 Å². The Kier molecular flexibility index (Phi) is 4.47. The van der Waals surface area contributed by atoms with Crippen LogP contribution in [-0.2, 0) is 4.79 Å². The van der Waals surface area contributed by atoms with Crippen LogP contribution in [0.15, 0.2) is 22.7 Å². The zero-order chi connectivity index (χ0) is 15.6. The number of ether oxygens (including phenoxy) is 1. The number of rotatable bonds is 2. The number of nitrogens with zero attached hydrogens (tertiary/aromatic N) is 2. The number of carbonyl (C=O) groups excluding carboxylic acids is 1. The van der Waals surface area contributed by atoms with Crippen molar-refractivity contribution in [3.05, 3.63) is 28.2 Å². The van der Waals surface area contributed by atoms with Crippen molar-refractivity contribution in [2.75, 3.05) is 13.1 Å². The number of benzene rings is 1. The van der Waals surface area contributed by atoms with E-state index in [1.54, 1.807) is 6.07 Å². The number of hydrogen-bond donors (Lipinski definition) is 0. The molecule has 1 aromatic rings. The first-order chi connectivity index (χ1) is 9.83. The Morgan fingerprint density at radius 1 is 1.57 bits per heavy atom. The van der Waals surface area contributed by atoms with Gasteiger partial charge in [-0.15, -0.1) is 0 Å². The van der Waals surface area contributed by atoms with Crippen molar-refractivity contribution < 1.29 is 18.3 Å². The summed E-state index contributed by atoms with van der Waals surface area (Å²) < 4.78 is 34.2. The predicted octanol–water partition coefficient (Wildman–Crippen LogP) is 2.96. The van der Waals surface area contributed by atoms with Gasteiger partial charge < -0.3 is 9.64 Å². The molecule has 21 heavy (non-hydrogen) atoms. The molecule has 1 aliphatic rings. The van der Waals surface area contributed by atoms with Crippen molar-refractivity contribution in [2.45, 2.75) is 25.4 Å². The zero-order valence-electron chi connectivity index (χ0n) is 11.3. The van der Waals surface area contributed by atoms with Crippen molar-refractivity contribution in [1.29, 1.82) is 5.26 Å². The molecule has 1 heterocycles. The normalized spacial score (nSPS) is 20.7. The molecule has 0 N–H and O–H groups in total. The van der Waals surface area contributed by atoms with Crippen LogP contribution in [0.1, 0.15) is 18.9 Å². The van der Waals surface area contributed by atoms with E-state index in [9.17, 15) is 13.6 Å². The van der Waals surface area contributed by atoms with Gasteiger partial charge in [-0.25, -0.2) is 8.78 Å². The topological polar surface area (TPSA) is 53.3 Å². The second kappa shape index (κ2) is 5.98. The molecule has 1 aromatic carbocycles. The number of piperidine rings is 1. The van der Waals surface area contributed by atoms with E-state index in [-0.39, 0.29) is 30.2 Å². The Bertz CT molecular complexity index is 601. The summed E-state index contributed by atoms with van der Waals surface area (Å²) in [5, 5.41) is 9.03. The lowest BCUT2D eigenvalue weighted by Gasteiger charge is -2.37. The van der Waals surface area contributed by atoms with Gasteiger partial charge in [0.2, 0.25) is 5.91 Å². The summed E-state index contributed by atoms with van der Waals surface area (Å²) in [5.74, 6) is -3.40. The van der Waals surface area contributed by atoms with E-state index < -0.39 is 18.6 Å². The van der Waals surface area contributed by atoms with Crippen LogP contribution in [0.3, 0.4) is 0 Å². The van der Waals surface area contributed by atoms with Gasteiger partial charge in [-0.05, 0) is 18.2 Å². The number of amides is 1. The summed E-state index contributed by atoms with van der Waals surface area (Å²) >= 11 is 3.21. The van der Waals surface area contributed by atoms with Crippen LogP contribution in [-0.4, -0.2) is 35.9 Å². The molecule has 7 heteroatoms. The Hall–Kier alpha value is -1.68. The molecule has 112 valence electrons. The fraction of sp³-hybridized carbons (Fsp3) is 0.429. The highest BCUT2D eigenvalue weighted by atomic mass is 79.9. The molecule has 1 fully saturated rings. The number of likely N-dealkylation sites (tertiary alicyclic amines) is 1. The molecular formula is C14H13BrF2N2O2. The molecule has 0 aliphatic carbocycles. The molecule has 0 aromatic heterocycles. The number of nitriles is 1. The summed E-state index contributed by atoms with van der Waals surface area (Å²) in [6, 6.07) is 6.53. The van der Waals surface area contributed by atoms with Crippen molar-refractivity contribution in [3.63, 3.8) is 0 Å². The monoisotopic (exact) mass is 358 g/mol. The molecular weight excluding hydrogens is 346 g/mol. The third-order valence-electron chi connectivity index (χ3n) is 3.31. The zero-order valence-corrected chi connectivity index (χ0v) is 12.9. The van der Waals surface area contributed by atoms with Gasteiger partial charge in [0.15, 0.2) is 6.10 Å². The molecule has 0 radical (unpaired) electrons. The molecule has 1 aliphatic heterocycles. The number of alkyl halides is 2. The molecule has 0 spiro atoms. The van der Waals surface area contributed by atoms with E-state index in [1.807, 2.05) is 6.07 Å².